The summed E-state index contributed by atoms with van der Waals surface area (Å²) in [4.78, 5) is 12.0. The SMILES string of the molecule is CCn1cc(N)cc1C(=O)NCC(C)(O)CCOC. The number of nitrogens with zero attached hydrogens (tertiary/aromatic N) is 1. The molecule has 108 valence electrons. The molecule has 0 aromatic carbocycles. The Balaban J connectivity index is 2.60. The van der Waals surface area contributed by atoms with E-state index in [0.29, 0.717) is 31.0 Å². The van der Waals surface area contributed by atoms with Crippen LogP contribution in [0.25, 0.3) is 0 Å². The van der Waals surface area contributed by atoms with Crippen LogP contribution in [0.4, 0.5) is 5.69 Å². The highest BCUT2D eigenvalue weighted by Crippen LogP contribution is 2.12. The first-order valence-corrected chi connectivity index (χ1v) is 6.35. The van der Waals surface area contributed by atoms with Gasteiger partial charge >= 0.3 is 0 Å². The van der Waals surface area contributed by atoms with Gasteiger partial charge in [0.05, 0.1) is 11.3 Å². The van der Waals surface area contributed by atoms with Crippen molar-refractivity contribution in [3.8, 4) is 0 Å². The minimum Gasteiger partial charge on any atom is -0.397 e. The molecule has 0 aliphatic rings. The van der Waals surface area contributed by atoms with E-state index < -0.39 is 5.60 Å². The molecule has 1 rings (SSSR count). The van der Waals surface area contributed by atoms with Gasteiger partial charge in [0.15, 0.2) is 0 Å². The molecule has 0 fully saturated rings. The Bertz CT molecular complexity index is 427. The third kappa shape index (κ3) is 4.57. The molecule has 1 aromatic heterocycles. The summed E-state index contributed by atoms with van der Waals surface area (Å²) in [5.41, 5.74) is 5.74. The van der Waals surface area contributed by atoms with Gasteiger partial charge in [-0.2, -0.15) is 0 Å². The number of nitrogens with one attached hydrogen (secondary N) is 1. The predicted molar refractivity (Wildman–Crippen MR) is 74.0 cm³/mol. The number of amides is 1. The molecule has 6 heteroatoms. The lowest BCUT2D eigenvalue weighted by molar-refractivity contribution is 0.0242. The summed E-state index contributed by atoms with van der Waals surface area (Å²) in [6.07, 6.45) is 2.18. The van der Waals surface area contributed by atoms with Crippen molar-refractivity contribution in [2.24, 2.45) is 0 Å². The van der Waals surface area contributed by atoms with Crippen LogP contribution >= 0.6 is 0 Å². The molecule has 19 heavy (non-hydrogen) atoms. The molecule has 1 heterocycles. The van der Waals surface area contributed by atoms with Crippen LogP contribution in [0.1, 0.15) is 30.8 Å². The number of anilines is 1. The van der Waals surface area contributed by atoms with Crippen molar-refractivity contribution < 1.29 is 14.6 Å². The molecule has 0 saturated carbocycles. The van der Waals surface area contributed by atoms with E-state index in [1.165, 1.54) is 0 Å². The number of methoxy groups -OCH3 is 1. The number of carbonyl (C=O) groups is 1. The molecular formula is C13H23N3O3. The van der Waals surface area contributed by atoms with Gasteiger partial charge in [-0.15, -0.1) is 0 Å². The van der Waals surface area contributed by atoms with Crippen LogP contribution in [-0.4, -0.2) is 41.4 Å². The number of aromatic nitrogens is 1. The van der Waals surface area contributed by atoms with E-state index >= 15 is 0 Å². The third-order valence-electron chi connectivity index (χ3n) is 2.97. The Morgan fingerprint density at radius 3 is 2.89 bits per heavy atom. The molecule has 4 N–H and O–H groups in total. The number of ether oxygens (including phenoxy) is 1. The van der Waals surface area contributed by atoms with E-state index in [9.17, 15) is 9.90 Å². The molecule has 0 aliphatic carbocycles. The number of nitrogen functional groups attached to an aromatic ring is 1. The summed E-state index contributed by atoms with van der Waals surface area (Å²) < 4.78 is 6.69. The largest absolute Gasteiger partial charge is 0.397 e. The molecule has 0 saturated heterocycles. The fraction of sp³-hybridized carbons (Fsp3) is 0.615. The van der Waals surface area contributed by atoms with Gasteiger partial charge in [0.2, 0.25) is 0 Å². The van der Waals surface area contributed by atoms with Crippen molar-refractivity contribution in [3.63, 3.8) is 0 Å². The van der Waals surface area contributed by atoms with Crippen molar-refractivity contribution >= 4 is 11.6 Å². The molecule has 6 nitrogen and oxygen atoms in total. The van der Waals surface area contributed by atoms with Crippen LogP contribution < -0.4 is 11.1 Å². The number of carbonyl (C=O) groups excluding carboxylic acids is 1. The van der Waals surface area contributed by atoms with Crippen molar-refractivity contribution in [3.05, 3.63) is 18.0 Å². The lowest BCUT2D eigenvalue weighted by Gasteiger charge is -2.23. The number of rotatable bonds is 7. The maximum absolute atomic E-state index is 12.0. The zero-order valence-electron chi connectivity index (χ0n) is 11.8. The van der Waals surface area contributed by atoms with Crippen LogP contribution in [0.5, 0.6) is 0 Å². The Kier molecular flexibility index (Phi) is 5.38. The van der Waals surface area contributed by atoms with Crippen LogP contribution in [0.15, 0.2) is 12.3 Å². The first-order valence-electron chi connectivity index (χ1n) is 6.35. The summed E-state index contributed by atoms with van der Waals surface area (Å²) in [6, 6.07) is 1.63. The summed E-state index contributed by atoms with van der Waals surface area (Å²) >= 11 is 0. The molecule has 1 atom stereocenters. The van der Waals surface area contributed by atoms with Gasteiger partial charge in [-0.05, 0) is 19.9 Å². The average Bonchev–Trinajstić information content (AvgIpc) is 2.75. The van der Waals surface area contributed by atoms with Gasteiger partial charge in [0, 0.05) is 39.4 Å². The lowest BCUT2D eigenvalue weighted by atomic mass is 10.0. The highest BCUT2D eigenvalue weighted by Gasteiger charge is 2.22. The lowest BCUT2D eigenvalue weighted by Crippen LogP contribution is -2.41. The van der Waals surface area contributed by atoms with Crippen molar-refractivity contribution in [2.75, 3.05) is 26.0 Å². The van der Waals surface area contributed by atoms with E-state index in [-0.39, 0.29) is 12.5 Å². The minimum absolute atomic E-state index is 0.171. The number of nitrogens with two attached hydrogens (primary N) is 1. The average molecular weight is 269 g/mol. The highest BCUT2D eigenvalue weighted by molar-refractivity contribution is 5.93. The molecule has 1 aromatic rings. The second kappa shape index (κ2) is 6.58. The van der Waals surface area contributed by atoms with E-state index in [0.717, 1.165) is 0 Å². The van der Waals surface area contributed by atoms with Gasteiger partial charge in [0.1, 0.15) is 5.69 Å². The molecule has 1 unspecified atom stereocenters. The molecule has 1 amide bonds. The van der Waals surface area contributed by atoms with Gasteiger partial charge in [-0.1, -0.05) is 0 Å². The molecule has 0 bridgehead atoms. The zero-order chi connectivity index (χ0) is 14.5. The summed E-state index contributed by atoms with van der Waals surface area (Å²) in [7, 11) is 1.57. The first kappa shape index (κ1) is 15.5. The zero-order valence-corrected chi connectivity index (χ0v) is 11.8. The monoisotopic (exact) mass is 269 g/mol. The number of aryl methyl sites for hydroxylation is 1. The van der Waals surface area contributed by atoms with Crippen molar-refractivity contribution in [2.45, 2.75) is 32.4 Å². The van der Waals surface area contributed by atoms with Crippen LogP contribution in [0.3, 0.4) is 0 Å². The van der Waals surface area contributed by atoms with E-state index in [2.05, 4.69) is 5.32 Å². The van der Waals surface area contributed by atoms with E-state index in [1.807, 2.05) is 6.92 Å². The number of aliphatic hydroxyl groups is 1. The first-order chi connectivity index (χ1) is 8.89. The molecular weight excluding hydrogens is 246 g/mol. The Hall–Kier alpha value is -1.53. The second-order valence-corrected chi connectivity index (χ2v) is 4.87. The second-order valence-electron chi connectivity index (χ2n) is 4.87. The van der Waals surface area contributed by atoms with Crippen molar-refractivity contribution in [1.29, 1.82) is 0 Å². The van der Waals surface area contributed by atoms with Crippen LogP contribution in [0.2, 0.25) is 0 Å². The van der Waals surface area contributed by atoms with E-state index in [1.54, 1.807) is 30.9 Å². The third-order valence-corrected chi connectivity index (χ3v) is 2.97. The maximum atomic E-state index is 12.0. The fourth-order valence-corrected chi connectivity index (χ4v) is 1.76. The molecule has 0 radical (unpaired) electrons. The predicted octanol–water partition coefficient (Wildman–Crippen LogP) is 0.607. The number of hydrogen-bond acceptors (Lipinski definition) is 4. The van der Waals surface area contributed by atoms with Crippen LogP contribution in [0, 0.1) is 0 Å². The topological polar surface area (TPSA) is 89.5 Å². The Labute approximate surface area is 113 Å². The smallest absolute Gasteiger partial charge is 0.268 e. The minimum atomic E-state index is -0.985. The normalized spacial score (nSPS) is 14.1. The number of hydrogen-bond donors (Lipinski definition) is 3. The molecule has 0 aliphatic heterocycles. The quantitative estimate of drug-likeness (QED) is 0.676. The van der Waals surface area contributed by atoms with Crippen LogP contribution in [-0.2, 0) is 11.3 Å². The summed E-state index contributed by atoms with van der Waals surface area (Å²) in [6.45, 7) is 4.88. The van der Waals surface area contributed by atoms with Gasteiger partial charge < -0.3 is 25.5 Å². The van der Waals surface area contributed by atoms with E-state index in [4.69, 9.17) is 10.5 Å². The standard InChI is InChI=1S/C13H23N3O3/c1-4-16-8-10(14)7-11(16)12(17)15-9-13(2,18)5-6-19-3/h7-8,18H,4-6,9,14H2,1-3H3,(H,15,17). The fourth-order valence-electron chi connectivity index (χ4n) is 1.76. The van der Waals surface area contributed by atoms with Gasteiger partial charge in [0.25, 0.3) is 5.91 Å². The molecule has 0 spiro atoms. The van der Waals surface area contributed by atoms with Gasteiger partial charge in [-0.3, -0.25) is 4.79 Å². The summed E-state index contributed by atoms with van der Waals surface area (Å²) in [5.74, 6) is -0.240. The summed E-state index contributed by atoms with van der Waals surface area (Å²) in [5, 5.41) is 12.8. The Morgan fingerprint density at radius 1 is 1.63 bits per heavy atom. The maximum Gasteiger partial charge on any atom is 0.268 e. The highest BCUT2D eigenvalue weighted by atomic mass is 16.5. The van der Waals surface area contributed by atoms with Gasteiger partial charge in [-0.25, -0.2) is 0 Å². The van der Waals surface area contributed by atoms with Crippen molar-refractivity contribution in [1.82, 2.24) is 9.88 Å². The Morgan fingerprint density at radius 2 is 2.32 bits per heavy atom.